The second-order valence-corrected chi connectivity index (χ2v) is 7.65. The highest BCUT2D eigenvalue weighted by Crippen LogP contribution is 2.17. The number of halogens is 1. The predicted molar refractivity (Wildman–Crippen MR) is 92.1 cm³/mol. The molecule has 0 bridgehead atoms. The van der Waals surface area contributed by atoms with E-state index in [2.05, 4.69) is 15.5 Å². The Bertz CT molecular complexity index is 791. The Morgan fingerprint density at radius 2 is 1.80 bits per heavy atom. The van der Waals surface area contributed by atoms with Crippen LogP contribution in [0.5, 0.6) is 0 Å². The molecule has 1 aromatic heterocycles. The Morgan fingerprint density at radius 3 is 2.44 bits per heavy atom. The number of morpholine rings is 1. The van der Waals surface area contributed by atoms with Crippen LogP contribution in [0.25, 0.3) is 11.3 Å². The Morgan fingerprint density at radius 1 is 1.08 bits per heavy atom. The summed E-state index contributed by atoms with van der Waals surface area (Å²) in [7, 11) is -3.30. The van der Waals surface area contributed by atoms with Crippen LogP contribution in [0, 0.1) is 5.82 Å². The molecule has 2 heterocycles. The average Bonchev–Trinajstić information content (AvgIpc) is 2.64. The molecular weight excluding hydrogens is 347 g/mol. The summed E-state index contributed by atoms with van der Waals surface area (Å²) in [6, 6.07) is 9.44. The van der Waals surface area contributed by atoms with E-state index in [9.17, 15) is 12.8 Å². The third-order valence-electron chi connectivity index (χ3n) is 3.83. The van der Waals surface area contributed by atoms with Crippen molar-refractivity contribution in [2.24, 2.45) is 0 Å². The summed E-state index contributed by atoms with van der Waals surface area (Å²) < 4.78 is 44.0. The summed E-state index contributed by atoms with van der Waals surface area (Å²) in [6.07, 6.45) is 0. The van der Waals surface area contributed by atoms with Gasteiger partial charge in [-0.2, -0.15) is 4.31 Å². The van der Waals surface area contributed by atoms with Crippen molar-refractivity contribution < 1.29 is 17.5 Å². The number of rotatable bonds is 6. The van der Waals surface area contributed by atoms with Gasteiger partial charge in [-0.25, -0.2) is 12.8 Å². The minimum absolute atomic E-state index is 0.0195. The van der Waals surface area contributed by atoms with Crippen LogP contribution in [0.15, 0.2) is 36.4 Å². The Balaban J connectivity index is 1.54. The van der Waals surface area contributed by atoms with Crippen LogP contribution in [-0.4, -0.2) is 61.5 Å². The lowest BCUT2D eigenvalue weighted by atomic mass is 10.1. The van der Waals surface area contributed by atoms with Crippen LogP contribution in [0.3, 0.4) is 0 Å². The van der Waals surface area contributed by atoms with E-state index in [-0.39, 0.29) is 18.1 Å². The van der Waals surface area contributed by atoms with Crippen molar-refractivity contribution in [2.45, 2.75) is 0 Å². The van der Waals surface area contributed by atoms with Crippen molar-refractivity contribution in [3.8, 4) is 11.3 Å². The first-order chi connectivity index (χ1) is 12.0. The van der Waals surface area contributed by atoms with Crippen LogP contribution in [0.2, 0.25) is 0 Å². The molecule has 0 aliphatic carbocycles. The molecule has 0 spiro atoms. The lowest BCUT2D eigenvalue weighted by molar-refractivity contribution is 0.0731. The smallest absolute Gasteiger partial charge is 0.215 e. The van der Waals surface area contributed by atoms with Gasteiger partial charge in [0.05, 0.1) is 24.7 Å². The molecule has 9 heteroatoms. The molecule has 1 N–H and O–H groups in total. The van der Waals surface area contributed by atoms with Crippen molar-refractivity contribution in [1.82, 2.24) is 14.5 Å². The molecule has 0 saturated carbocycles. The van der Waals surface area contributed by atoms with Crippen LogP contribution in [0.4, 0.5) is 10.2 Å². The first-order valence-electron chi connectivity index (χ1n) is 7.94. The second-order valence-electron chi connectivity index (χ2n) is 5.56. The molecule has 0 unspecified atom stereocenters. The standard InChI is InChI=1S/C16H19FN4O3S/c17-14-3-1-13(2-4-14)15-5-6-16(20-19-15)18-7-12-25(22,23)21-8-10-24-11-9-21/h1-6H,7-12H2,(H,18,20). The Labute approximate surface area is 145 Å². The van der Waals surface area contributed by atoms with Crippen molar-refractivity contribution in [3.05, 3.63) is 42.2 Å². The fraction of sp³-hybridized carbons (Fsp3) is 0.375. The molecule has 7 nitrogen and oxygen atoms in total. The molecule has 3 rings (SSSR count). The topological polar surface area (TPSA) is 84.4 Å². The third kappa shape index (κ3) is 4.71. The summed E-state index contributed by atoms with van der Waals surface area (Å²) in [5.41, 5.74) is 1.38. The van der Waals surface area contributed by atoms with Gasteiger partial charge in [0.2, 0.25) is 10.0 Å². The zero-order valence-corrected chi connectivity index (χ0v) is 14.4. The van der Waals surface area contributed by atoms with Crippen molar-refractivity contribution in [1.29, 1.82) is 0 Å². The van der Waals surface area contributed by atoms with E-state index in [0.717, 1.165) is 5.56 Å². The van der Waals surface area contributed by atoms with Gasteiger partial charge in [0.15, 0.2) is 0 Å². The zero-order chi connectivity index (χ0) is 17.7. The van der Waals surface area contributed by atoms with Gasteiger partial charge in [0.25, 0.3) is 0 Å². The molecule has 1 fully saturated rings. The summed E-state index contributed by atoms with van der Waals surface area (Å²) in [5, 5.41) is 11.1. The number of ether oxygens (including phenoxy) is 1. The van der Waals surface area contributed by atoms with Crippen LogP contribution in [-0.2, 0) is 14.8 Å². The third-order valence-corrected chi connectivity index (χ3v) is 5.71. The molecule has 1 aromatic carbocycles. The van der Waals surface area contributed by atoms with Gasteiger partial charge in [0.1, 0.15) is 11.6 Å². The second kappa shape index (κ2) is 7.85. The summed E-state index contributed by atoms with van der Waals surface area (Å²) >= 11 is 0. The largest absolute Gasteiger partial charge is 0.379 e. The van der Waals surface area contributed by atoms with E-state index in [1.807, 2.05) is 0 Å². The maximum atomic E-state index is 12.9. The summed E-state index contributed by atoms with van der Waals surface area (Å²) in [6.45, 7) is 1.90. The van der Waals surface area contributed by atoms with Gasteiger partial charge < -0.3 is 10.1 Å². The van der Waals surface area contributed by atoms with Gasteiger partial charge in [0, 0.05) is 25.2 Å². The van der Waals surface area contributed by atoms with Crippen LogP contribution in [0.1, 0.15) is 0 Å². The lowest BCUT2D eigenvalue weighted by Gasteiger charge is -2.26. The van der Waals surface area contributed by atoms with Gasteiger partial charge in [-0.15, -0.1) is 10.2 Å². The normalized spacial score (nSPS) is 15.9. The first kappa shape index (κ1) is 17.7. The number of hydrogen-bond acceptors (Lipinski definition) is 6. The highest BCUT2D eigenvalue weighted by Gasteiger charge is 2.23. The molecule has 1 aliphatic heterocycles. The van der Waals surface area contributed by atoms with E-state index < -0.39 is 10.0 Å². The van der Waals surface area contributed by atoms with Gasteiger partial charge >= 0.3 is 0 Å². The summed E-state index contributed by atoms with van der Waals surface area (Å²) in [4.78, 5) is 0. The van der Waals surface area contributed by atoms with Crippen molar-refractivity contribution in [3.63, 3.8) is 0 Å². The number of benzene rings is 1. The first-order valence-corrected chi connectivity index (χ1v) is 9.55. The van der Waals surface area contributed by atoms with E-state index in [1.54, 1.807) is 24.3 Å². The minimum atomic E-state index is -3.30. The molecule has 2 aromatic rings. The van der Waals surface area contributed by atoms with Gasteiger partial charge in [-0.1, -0.05) is 0 Å². The molecule has 0 amide bonds. The van der Waals surface area contributed by atoms with Crippen molar-refractivity contribution in [2.75, 3.05) is 43.9 Å². The minimum Gasteiger partial charge on any atom is -0.379 e. The highest BCUT2D eigenvalue weighted by molar-refractivity contribution is 7.89. The molecule has 134 valence electrons. The maximum Gasteiger partial charge on any atom is 0.215 e. The quantitative estimate of drug-likeness (QED) is 0.831. The molecular formula is C16H19FN4O3S. The fourth-order valence-corrected chi connectivity index (χ4v) is 3.79. The van der Waals surface area contributed by atoms with Crippen LogP contribution >= 0.6 is 0 Å². The molecule has 1 aliphatic rings. The van der Waals surface area contributed by atoms with E-state index in [4.69, 9.17) is 4.74 Å². The maximum absolute atomic E-state index is 12.9. The number of aromatic nitrogens is 2. The average molecular weight is 366 g/mol. The molecule has 25 heavy (non-hydrogen) atoms. The van der Waals surface area contributed by atoms with Gasteiger partial charge in [-0.3, -0.25) is 0 Å². The van der Waals surface area contributed by atoms with E-state index >= 15 is 0 Å². The highest BCUT2D eigenvalue weighted by atomic mass is 32.2. The zero-order valence-electron chi connectivity index (χ0n) is 13.6. The lowest BCUT2D eigenvalue weighted by Crippen LogP contribution is -2.42. The number of nitrogens with zero attached hydrogens (tertiary/aromatic N) is 3. The molecule has 1 saturated heterocycles. The number of sulfonamides is 1. The molecule has 0 radical (unpaired) electrons. The van der Waals surface area contributed by atoms with Crippen LogP contribution < -0.4 is 5.32 Å². The van der Waals surface area contributed by atoms with Gasteiger partial charge in [-0.05, 0) is 36.4 Å². The van der Waals surface area contributed by atoms with E-state index in [0.29, 0.717) is 37.8 Å². The van der Waals surface area contributed by atoms with Crippen molar-refractivity contribution >= 4 is 15.8 Å². The SMILES string of the molecule is O=S(=O)(CCNc1ccc(-c2ccc(F)cc2)nn1)N1CCOCC1. The number of nitrogens with one attached hydrogen (secondary N) is 1. The fourth-order valence-electron chi connectivity index (χ4n) is 2.46. The monoisotopic (exact) mass is 366 g/mol. The molecule has 0 atom stereocenters. The summed E-state index contributed by atoms with van der Waals surface area (Å²) in [5.74, 6) is 0.161. The number of anilines is 1. The van der Waals surface area contributed by atoms with E-state index in [1.165, 1.54) is 16.4 Å². The Kier molecular flexibility index (Phi) is 5.57. The predicted octanol–water partition coefficient (Wildman–Crippen LogP) is 1.36. The Hall–Kier alpha value is -2.10. The number of hydrogen-bond donors (Lipinski definition) is 1.